The summed E-state index contributed by atoms with van der Waals surface area (Å²) in [5.74, 6) is -0.0415. The van der Waals surface area contributed by atoms with E-state index in [2.05, 4.69) is 20.4 Å². The van der Waals surface area contributed by atoms with E-state index in [0.717, 1.165) is 5.69 Å². The Hall–Kier alpha value is -2.47. The van der Waals surface area contributed by atoms with Crippen molar-refractivity contribution in [2.24, 2.45) is 0 Å². The highest BCUT2D eigenvalue weighted by molar-refractivity contribution is 6.29. The summed E-state index contributed by atoms with van der Waals surface area (Å²) in [4.78, 5) is 19.6. The van der Waals surface area contributed by atoms with Crippen LogP contribution in [0.25, 0.3) is 16.7 Å². The van der Waals surface area contributed by atoms with Crippen molar-refractivity contribution in [3.05, 3.63) is 42.9 Å². The van der Waals surface area contributed by atoms with Crippen LogP contribution in [0.2, 0.25) is 0 Å². The maximum Gasteiger partial charge on any atom is 0.240 e. The molecule has 0 aliphatic carbocycles. The van der Waals surface area contributed by atoms with Gasteiger partial charge in [-0.3, -0.25) is 4.79 Å². The Balaban J connectivity index is 2.10. The van der Waals surface area contributed by atoms with Crippen LogP contribution in [0.15, 0.2) is 42.9 Å². The zero-order valence-electron chi connectivity index (χ0n) is 10.3. The molecule has 1 amide bonds. The number of aromatic nitrogens is 4. The first-order valence-electron chi connectivity index (χ1n) is 5.89. The van der Waals surface area contributed by atoms with Gasteiger partial charge in [-0.05, 0) is 12.1 Å². The molecule has 0 radical (unpaired) electrons. The standard InChI is InChI=1S/C13H10ClN5O/c14-6-11(20)18-12-10-7-17-19(13(10)16-8-15-12)9-4-2-1-3-5-9/h1-5,7-8H,6H2,(H,15,16,18,20). The number of benzene rings is 1. The fourth-order valence-electron chi connectivity index (χ4n) is 1.87. The van der Waals surface area contributed by atoms with Crippen LogP contribution in [0, 0.1) is 0 Å². The molecule has 100 valence electrons. The second-order valence-electron chi connectivity index (χ2n) is 4.03. The number of alkyl halides is 1. The third kappa shape index (κ3) is 2.21. The van der Waals surface area contributed by atoms with E-state index in [0.29, 0.717) is 16.9 Å². The molecule has 3 aromatic rings. The number of carbonyl (C=O) groups is 1. The van der Waals surface area contributed by atoms with Gasteiger partial charge in [0.05, 0.1) is 17.3 Å². The zero-order chi connectivity index (χ0) is 13.9. The maximum atomic E-state index is 11.4. The van der Waals surface area contributed by atoms with E-state index >= 15 is 0 Å². The third-order valence-corrected chi connectivity index (χ3v) is 2.99. The second kappa shape index (κ2) is 5.26. The van der Waals surface area contributed by atoms with E-state index in [1.165, 1.54) is 6.33 Å². The van der Waals surface area contributed by atoms with Crippen LogP contribution in [0.5, 0.6) is 0 Å². The minimum atomic E-state index is -0.320. The van der Waals surface area contributed by atoms with Crippen molar-refractivity contribution in [2.45, 2.75) is 0 Å². The summed E-state index contributed by atoms with van der Waals surface area (Å²) in [6, 6.07) is 9.61. The molecule has 2 heterocycles. The van der Waals surface area contributed by atoms with Crippen molar-refractivity contribution in [1.29, 1.82) is 0 Å². The molecule has 3 rings (SSSR count). The Bertz CT molecular complexity index is 756. The van der Waals surface area contributed by atoms with Gasteiger partial charge in [0.2, 0.25) is 5.91 Å². The van der Waals surface area contributed by atoms with E-state index in [1.807, 2.05) is 30.3 Å². The van der Waals surface area contributed by atoms with Gasteiger partial charge in [-0.1, -0.05) is 18.2 Å². The summed E-state index contributed by atoms with van der Waals surface area (Å²) in [6.07, 6.45) is 3.00. The highest BCUT2D eigenvalue weighted by Crippen LogP contribution is 2.21. The van der Waals surface area contributed by atoms with Crippen molar-refractivity contribution >= 4 is 34.4 Å². The quantitative estimate of drug-likeness (QED) is 0.748. The molecule has 0 saturated carbocycles. The summed E-state index contributed by atoms with van der Waals surface area (Å²) >= 11 is 5.48. The van der Waals surface area contributed by atoms with E-state index in [-0.39, 0.29) is 11.8 Å². The Labute approximate surface area is 119 Å². The summed E-state index contributed by atoms with van der Waals surface area (Å²) < 4.78 is 1.69. The molecule has 0 bridgehead atoms. The molecule has 0 fully saturated rings. The van der Waals surface area contributed by atoms with Gasteiger partial charge in [0, 0.05) is 0 Å². The van der Waals surface area contributed by atoms with Gasteiger partial charge in [-0.2, -0.15) is 5.10 Å². The molecule has 0 atom stereocenters. The SMILES string of the molecule is O=C(CCl)Nc1ncnc2c1cnn2-c1ccccc1. The number of nitrogens with zero attached hydrogens (tertiary/aromatic N) is 4. The molecular formula is C13H10ClN5O. The normalized spacial score (nSPS) is 10.7. The number of halogens is 1. The van der Waals surface area contributed by atoms with Gasteiger partial charge in [-0.25, -0.2) is 14.6 Å². The van der Waals surface area contributed by atoms with Crippen molar-refractivity contribution in [1.82, 2.24) is 19.7 Å². The third-order valence-electron chi connectivity index (χ3n) is 2.75. The number of anilines is 1. The lowest BCUT2D eigenvalue weighted by atomic mass is 10.3. The fraction of sp³-hybridized carbons (Fsp3) is 0.0769. The molecule has 7 heteroatoms. The monoisotopic (exact) mass is 287 g/mol. The number of amides is 1. The molecule has 0 saturated heterocycles. The summed E-state index contributed by atoms with van der Waals surface area (Å²) in [5.41, 5.74) is 1.51. The number of hydrogen-bond acceptors (Lipinski definition) is 4. The van der Waals surface area contributed by atoms with Crippen molar-refractivity contribution in [3.63, 3.8) is 0 Å². The molecule has 0 aliphatic rings. The van der Waals surface area contributed by atoms with Crippen LogP contribution in [0.3, 0.4) is 0 Å². The number of rotatable bonds is 3. The Morgan fingerprint density at radius 1 is 1.25 bits per heavy atom. The summed E-state index contributed by atoms with van der Waals surface area (Å²) in [7, 11) is 0. The Morgan fingerprint density at radius 3 is 2.80 bits per heavy atom. The Morgan fingerprint density at radius 2 is 2.05 bits per heavy atom. The lowest BCUT2D eigenvalue weighted by molar-refractivity contribution is -0.113. The second-order valence-corrected chi connectivity index (χ2v) is 4.30. The number of fused-ring (bicyclic) bond motifs is 1. The smallest absolute Gasteiger partial charge is 0.240 e. The van der Waals surface area contributed by atoms with Crippen LogP contribution in [0.4, 0.5) is 5.82 Å². The predicted octanol–water partition coefficient (Wildman–Crippen LogP) is 1.99. The molecule has 2 aromatic heterocycles. The highest BCUT2D eigenvalue weighted by atomic mass is 35.5. The van der Waals surface area contributed by atoms with E-state index in [4.69, 9.17) is 11.6 Å². The minimum Gasteiger partial charge on any atom is -0.309 e. The first kappa shape index (κ1) is 12.6. The van der Waals surface area contributed by atoms with Gasteiger partial charge in [0.15, 0.2) is 5.65 Å². The van der Waals surface area contributed by atoms with Gasteiger partial charge >= 0.3 is 0 Å². The van der Waals surface area contributed by atoms with Gasteiger partial charge in [0.25, 0.3) is 0 Å². The molecule has 0 spiro atoms. The number of para-hydroxylation sites is 1. The van der Waals surface area contributed by atoms with Crippen LogP contribution in [-0.4, -0.2) is 31.5 Å². The fourth-order valence-corrected chi connectivity index (χ4v) is 1.93. The van der Waals surface area contributed by atoms with E-state index in [9.17, 15) is 4.79 Å². The first-order valence-corrected chi connectivity index (χ1v) is 6.43. The van der Waals surface area contributed by atoms with E-state index < -0.39 is 0 Å². The molecular weight excluding hydrogens is 278 g/mol. The van der Waals surface area contributed by atoms with Crippen LogP contribution in [-0.2, 0) is 4.79 Å². The van der Waals surface area contributed by atoms with Gasteiger partial charge in [-0.15, -0.1) is 11.6 Å². The predicted molar refractivity (Wildman–Crippen MR) is 76.0 cm³/mol. The van der Waals surface area contributed by atoms with Crippen LogP contribution < -0.4 is 5.32 Å². The average Bonchev–Trinajstić information content (AvgIpc) is 2.93. The summed E-state index contributed by atoms with van der Waals surface area (Å²) in [5, 5.41) is 7.58. The highest BCUT2D eigenvalue weighted by Gasteiger charge is 2.12. The molecule has 1 aromatic carbocycles. The number of nitrogens with one attached hydrogen (secondary N) is 1. The minimum absolute atomic E-state index is 0.127. The summed E-state index contributed by atoms with van der Waals surface area (Å²) in [6.45, 7) is 0. The van der Waals surface area contributed by atoms with Crippen molar-refractivity contribution in [3.8, 4) is 5.69 Å². The molecule has 0 aliphatic heterocycles. The van der Waals surface area contributed by atoms with Gasteiger partial charge < -0.3 is 5.32 Å². The Kier molecular flexibility index (Phi) is 3.30. The number of carbonyl (C=O) groups excluding carboxylic acids is 1. The first-order chi connectivity index (χ1) is 9.79. The average molecular weight is 288 g/mol. The van der Waals surface area contributed by atoms with Crippen LogP contribution >= 0.6 is 11.6 Å². The largest absolute Gasteiger partial charge is 0.309 e. The molecule has 1 N–H and O–H groups in total. The van der Waals surface area contributed by atoms with Gasteiger partial charge in [0.1, 0.15) is 18.0 Å². The van der Waals surface area contributed by atoms with Crippen molar-refractivity contribution < 1.29 is 4.79 Å². The number of hydrogen-bond donors (Lipinski definition) is 1. The topological polar surface area (TPSA) is 72.7 Å². The molecule has 20 heavy (non-hydrogen) atoms. The van der Waals surface area contributed by atoms with Crippen molar-refractivity contribution in [2.75, 3.05) is 11.2 Å². The zero-order valence-corrected chi connectivity index (χ0v) is 11.1. The molecule has 6 nitrogen and oxygen atoms in total. The lowest BCUT2D eigenvalue weighted by Gasteiger charge is -2.04. The van der Waals surface area contributed by atoms with E-state index in [1.54, 1.807) is 10.9 Å². The lowest BCUT2D eigenvalue weighted by Crippen LogP contribution is -2.14. The maximum absolute atomic E-state index is 11.4. The van der Waals surface area contributed by atoms with Crippen LogP contribution in [0.1, 0.15) is 0 Å². The molecule has 0 unspecified atom stereocenters.